The fourth-order valence-electron chi connectivity index (χ4n) is 2.75. The molecular formula is C14H13FN4O4. The Bertz CT molecular complexity index is 664. The summed E-state index contributed by atoms with van der Waals surface area (Å²) in [5, 5.41) is 3.47. The lowest BCUT2D eigenvalue weighted by atomic mass is 9.95. The molecule has 0 spiro atoms. The molecule has 1 aromatic carbocycles. The normalized spacial score (nSPS) is 29.3. The van der Waals surface area contributed by atoms with Gasteiger partial charge in [-0.2, -0.15) is 0 Å². The number of carbonyl (C=O) groups excluding carboxylic acids is 2. The van der Waals surface area contributed by atoms with Gasteiger partial charge in [-0.25, -0.2) is 14.0 Å². The topological polar surface area (TPSA) is 105 Å². The predicted molar refractivity (Wildman–Crippen MR) is 75.3 cm³/mol. The highest BCUT2D eigenvalue weighted by Gasteiger charge is 2.51. The number of rotatable bonds is 3. The van der Waals surface area contributed by atoms with Crippen molar-refractivity contribution in [3.8, 4) is 0 Å². The molecule has 1 unspecified atom stereocenters. The third-order valence-electron chi connectivity index (χ3n) is 3.91. The van der Waals surface area contributed by atoms with Gasteiger partial charge < -0.3 is 9.47 Å². The number of alkyl halides is 1. The summed E-state index contributed by atoms with van der Waals surface area (Å²) >= 11 is 0. The minimum Gasteiger partial charge on any atom is -0.455 e. The second kappa shape index (κ2) is 6.13. The number of fused-ring (bicyclic) bond motifs is 1. The summed E-state index contributed by atoms with van der Waals surface area (Å²) in [6, 6.07) is 6.26. The van der Waals surface area contributed by atoms with Gasteiger partial charge in [0, 0.05) is 11.5 Å². The van der Waals surface area contributed by atoms with Crippen LogP contribution in [0.3, 0.4) is 0 Å². The fourth-order valence-corrected chi connectivity index (χ4v) is 2.75. The molecule has 3 rings (SSSR count). The first-order valence-corrected chi connectivity index (χ1v) is 6.99. The van der Waals surface area contributed by atoms with Crippen molar-refractivity contribution in [1.82, 2.24) is 4.90 Å². The van der Waals surface area contributed by atoms with E-state index < -0.39 is 36.4 Å². The third kappa shape index (κ3) is 2.78. The van der Waals surface area contributed by atoms with Crippen molar-refractivity contribution in [1.29, 1.82) is 0 Å². The summed E-state index contributed by atoms with van der Waals surface area (Å²) in [6.45, 7) is -0.177. The van der Waals surface area contributed by atoms with E-state index in [2.05, 4.69) is 10.0 Å². The largest absolute Gasteiger partial charge is 0.455 e. The van der Waals surface area contributed by atoms with E-state index in [9.17, 15) is 14.0 Å². The molecule has 1 amide bonds. The van der Waals surface area contributed by atoms with Crippen LogP contribution in [0.15, 0.2) is 35.4 Å². The van der Waals surface area contributed by atoms with Gasteiger partial charge in [0.1, 0.15) is 18.8 Å². The van der Waals surface area contributed by atoms with Gasteiger partial charge in [-0.1, -0.05) is 23.3 Å². The molecule has 2 heterocycles. The van der Waals surface area contributed by atoms with Crippen LogP contribution in [-0.4, -0.2) is 54.5 Å². The van der Waals surface area contributed by atoms with Crippen LogP contribution < -0.4 is 0 Å². The lowest BCUT2D eigenvalue weighted by molar-refractivity contribution is -0.0427. The van der Waals surface area contributed by atoms with Crippen molar-refractivity contribution in [2.45, 2.75) is 24.4 Å². The average molecular weight is 320 g/mol. The highest BCUT2D eigenvalue weighted by molar-refractivity contribution is 5.89. The Hall–Kier alpha value is -2.80. The summed E-state index contributed by atoms with van der Waals surface area (Å²) < 4.78 is 24.7. The lowest BCUT2D eigenvalue weighted by Gasteiger charge is -2.38. The van der Waals surface area contributed by atoms with Crippen LogP contribution in [0.5, 0.6) is 0 Å². The Morgan fingerprint density at radius 1 is 1.43 bits per heavy atom. The molecule has 9 heteroatoms. The number of hydrogen-bond acceptors (Lipinski definition) is 5. The van der Waals surface area contributed by atoms with Crippen LogP contribution in [0.4, 0.5) is 9.18 Å². The number of carbonyl (C=O) groups is 2. The van der Waals surface area contributed by atoms with E-state index in [1.165, 1.54) is 12.1 Å². The molecule has 8 nitrogen and oxygen atoms in total. The summed E-state index contributed by atoms with van der Waals surface area (Å²) in [5.74, 6) is -0.713. The van der Waals surface area contributed by atoms with Gasteiger partial charge in [-0.3, -0.25) is 4.90 Å². The molecule has 4 atom stereocenters. The van der Waals surface area contributed by atoms with Crippen LogP contribution in [-0.2, 0) is 9.47 Å². The molecule has 2 saturated heterocycles. The fraction of sp³-hybridized carbons (Fsp3) is 0.429. The van der Waals surface area contributed by atoms with Crippen LogP contribution in [0.2, 0.25) is 0 Å². The van der Waals surface area contributed by atoms with Crippen LogP contribution in [0.25, 0.3) is 10.4 Å². The minimum absolute atomic E-state index is 0.0548. The minimum atomic E-state index is -1.70. The Kier molecular flexibility index (Phi) is 4.03. The van der Waals surface area contributed by atoms with Crippen molar-refractivity contribution >= 4 is 12.1 Å². The van der Waals surface area contributed by atoms with Gasteiger partial charge >= 0.3 is 12.1 Å². The second-order valence-corrected chi connectivity index (χ2v) is 5.25. The molecule has 0 saturated carbocycles. The third-order valence-corrected chi connectivity index (χ3v) is 3.91. The van der Waals surface area contributed by atoms with Crippen molar-refractivity contribution in [2.75, 3.05) is 13.2 Å². The van der Waals surface area contributed by atoms with Crippen LogP contribution in [0.1, 0.15) is 10.4 Å². The van der Waals surface area contributed by atoms with E-state index in [0.29, 0.717) is 0 Å². The highest BCUT2D eigenvalue weighted by Crippen LogP contribution is 2.30. The summed E-state index contributed by atoms with van der Waals surface area (Å²) in [7, 11) is 0. The molecule has 120 valence electrons. The van der Waals surface area contributed by atoms with Crippen LogP contribution in [0, 0.1) is 0 Å². The predicted octanol–water partition coefficient (Wildman–Crippen LogP) is 2.06. The number of hydrogen-bond donors (Lipinski definition) is 0. The number of halogens is 1. The molecule has 2 aliphatic heterocycles. The zero-order valence-electron chi connectivity index (χ0n) is 11.9. The molecular weight excluding hydrogens is 307 g/mol. The molecule has 1 aromatic rings. The number of cyclic esters (lactones) is 1. The summed E-state index contributed by atoms with van der Waals surface area (Å²) in [5.41, 5.74) is 8.91. The van der Waals surface area contributed by atoms with Crippen molar-refractivity contribution < 1.29 is 23.5 Å². The van der Waals surface area contributed by atoms with E-state index in [1.807, 2.05) is 0 Å². The molecule has 2 fully saturated rings. The number of nitrogens with zero attached hydrogens (tertiary/aromatic N) is 4. The van der Waals surface area contributed by atoms with E-state index in [-0.39, 0.29) is 18.7 Å². The number of amides is 1. The van der Waals surface area contributed by atoms with Gasteiger partial charge in [0.2, 0.25) is 0 Å². The Labute approximate surface area is 130 Å². The zero-order valence-corrected chi connectivity index (χ0v) is 11.9. The number of piperidine rings is 1. The second-order valence-electron chi connectivity index (χ2n) is 5.25. The Morgan fingerprint density at radius 2 is 2.17 bits per heavy atom. The SMILES string of the molecule is [N-]=[N+]=N[C@H]1CN2C(=O)OCC2[C@@H](F)[C@@H]1OC(=O)c1ccccc1. The van der Waals surface area contributed by atoms with Gasteiger partial charge in [-0.15, -0.1) is 0 Å². The maximum Gasteiger partial charge on any atom is 0.410 e. The van der Waals surface area contributed by atoms with Crippen molar-refractivity contribution in [3.05, 3.63) is 46.3 Å². The monoisotopic (exact) mass is 320 g/mol. The molecule has 2 aliphatic rings. The standard InChI is InChI=1S/C14H13FN4O4/c15-11-10-7-22-14(21)19(10)6-9(17-18-16)12(11)23-13(20)8-4-2-1-3-5-8/h1-5,9-12H,6-7H2/t9-,10?,11+,12+/m0/s1. The van der Waals surface area contributed by atoms with Gasteiger partial charge in [0.15, 0.2) is 6.17 Å². The molecule has 23 heavy (non-hydrogen) atoms. The maximum absolute atomic E-state index is 14.7. The molecule has 0 N–H and O–H groups in total. The van der Waals surface area contributed by atoms with Gasteiger partial charge in [0.25, 0.3) is 0 Å². The summed E-state index contributed by atoms with van der Waals surface area (Å²) in [6.07, 6.45) is -3.63. The number of benzene rings is 1. The molecule has 0 aromatic heterocycles. The highest BCUT2D eigenvalue weighted by atomic mass is 19.1. The average Bonchev–Trinajstić information content (AvgIpc) is 2.93. The maximum atomic E-state index is 14.7. The Balaban J connectivity index is 1.82. The molecule has 0 aliphatic carbocycles. The quantitative estimate of drug-likeness (QED) is 0.368. The van der Waals surface area contributed by atoms with Crippen LogP contribution >= 0.6 is 0 Å². The number of azide groups is 1. The lowest BCUT2D eigenvalue weighted by Crippen LogP contribution is -2.59. The van der Waals surface area contributed by atoms with E-state index in [1.54, 1.807) is 18.2 Å². The van der Waals surface area contributed by atoms with Crippen molar-refractivity contribution in [2.24, 2.45) is 5.11 Å². The first-order chi connectivity index (χ1) is 11.1. The smallest absolute Gasteiger partial charge is 0.410 e. The van der Waals surface area contributed by atoms with Gasteiger partial charge in [0.05, 0.1) is 11.6 Å². The molecule has 0 radical (unpaired) electrons. The van der Waals surface area contributed by atoms with E-state index in [4.69, 9.17) is 15.0 Å². The molecule has 0 bridgehead atoms. The van der Waals surface area contributed by atoms with E-state index in [0.717, 1.165) is 4.90 Å². The number of esters is 1. The number of ether oxygens (including phenoxy) is 2. The zero-order chi connectivity index (χ0) is 16.4. The van der Waals surface area contributed by atoms with E-state index >= 15 is 0 Å². The van der Waals surface area contributed by atoms with Gasteiger partial charge in [-0.05, 0) is 17.7 Å². The summed E-state index contributed by atoms with van der Waals surface area (Å²) in [4.78, 5) is 27.5. The Morgan fingerprint density at radius 3 is 2.87 bits per heavy atom. The van der Waals surface area contributed by atoms with Crippen molar-refractivity contribution in [3.63, 3.8) is 0 Å². The first kappa shape index (κ1) is 15.1. The first-order valence-electron chi connectivity index (χ1n) is 6.99.